The van der Waals surface area contributed by atoms with Gasteiger partial charge in [-0.1, -0.05) is 18.9 Å². The van der Waals surface area contributed by atoms with Crippen LogP contribution < -0.4 is 4.74 Å². The molecular weight excluding hydrogens is 338 g/mol. The third-order valence-corrected chi connectivity index (χ3v) is 4.68. The standard InChI is InChI=1S/C18H23N3O5/c1-17(2,3)20(16(22)23)18(9-4-5-10-18)12-26-15-8-6-7-14(21(24)25)13(15)11-19/h6-8H,4-5,9-10,12H2,1-3H3,(H,22,23). The number of nitro groups is 1. The first-order chi connectivity index (χ1) is 12.1. The highest BCUT2D eigenvalue weighted by atomic mass is 16.6. The van der Waals surface area contributed by atoms with E-state index in [-0.39, 0.29) is 23.6 Å². The second-order valence-electron chi connectivity index (χ2n) is 7.53. The van der Waals surface area contributed by atoms with Crippen LogP contribution in [0.3, 0.4) is 0 Å². The van der Waals surface area contributed by atoms with Gasteiger partial charge in [0.2, 0.25) is 0 Å². The van der Waals surface area contributed by atoms with Crippen molar-refractivity contribution in [2.75, 3.05) is 6.61 Å². The average molecular weight is 361 g/mol. The molecule has 140 valence electrons. The molecule has 0 spiro atoms. The Hall–Kier alpha value is -2.82. The van der Waals surface area contributed by atoms with Crippen molar-refractivity contribution in [2.45, 2.75) is 57.5 Å². The van der Waals surface area contributed by atoms with E-state index in [4.69, 9.17) is 4.74 Å². The van der Waals surface area contributed by atoms with Gasteiger partial charge in [-0.3, -0.25) is 15.0 Å². The monoisotopic (exact) mass is 361 g/mol. The summed E-state index contributed by atoms with van der Waals surface area (Å²) in [5.41, 5.74) is -1.82. The number of amides is 1. The molecule has 26 heavy (non-hydrogen) atoms. The molecule has 2 rings (SSSR count). The molecule has 0 atom stereocenters. The maximum absolute atomic E-state index is 11.9. The van der Waals surface area contributed by atoms with Crippen molar-refractivity contribution >= 4 is 11.8 Å². The number of ether oxygens (including phenoxy) is 1. The maximum atomic E-state index is 11.9. The van der Waals surface area contributed by atoms with Crippen molar-refractivity contribution in [3.63, 3.8) is 0 Å². The van der Waals surface area contributed by atoms with E-state index in [1.54, 1.807) is 0 Å². The van der Waals surface area contributed by atoms with Crippen LogP contribution in [0.2, 0.25) is 0 Å². The lowest BCUT2D eigenvalue weighted by Crippen LogP contribution is -2.60. The maximum Gasteiger partial charge on any atom is 0.408 e. The van der Waals surface area contributed by atoms with Gasteiger partial charge in [0.1, 0.15) is 18.4 Å². The molecule has 8 nitrogen and oxygen atoms in total. The Labute approximate surface area is 152 Å². The minimum Gasteiger partial charge on any atom is -0.489 e. The van der Waals surface area contributed by atoms with E-state index in [0.717, 1.165) is 12.8 Å². The van der Waals surface area contributed by atoms with Crippen LogP contribution in [0.15, 0.2) is 18.2 Å². The van der Waals surface area contributed by atoms with Crippen molar-refractivity contribution in [3.05, 3.63) is 33.9 Å². The van der Waals surface area contributed by atoms with Crippen molar-refractivity contribution in [2.24, 2.45) is 0 Å². The zero-order valence-corrected chi connectivity index (χ0v) is 15.2. The van der Waals surface area contributed by atoms with E-state index in [1.165, 1.54) is 23.1 Å². The Morgan fingerprint density at radius 1 is 1.42 bits per heavy atom. The summed E-state index contributed by atoms with van der Waals surface area (Å²) in [7, 11) is 0. The molecule has 0 unspecified atom stereocenters. The highest BCUT2D eigenvalue weighted by molar-refractivity contribution is 5.67. The molecule has 1 N–H and O–H groups in total. The minimum atomic E-state index is -1.03. The molecule has 1 aliphatic carbocycles. The summed E-state index contributed by atoms with van der Waals surface area (Å²) in [6.07, 6.45) is 2.02. The van der Waals surface area contributed by atoms with E-state index in [2.05, 4.69) is 0 Å². The Morgan fingerprint density at radius 3 is 2.50 bits per heavy atom. The largest absolute Gasteiger partial charge is 0.489 e. The summed E-state index contributed by atoms with van der Waals surface area (Å²) in [5.74, 6) is 0.104. The van der Waals surface area contributed by atoms with Crippen LogP contribution >= 0.6 is 0 Å². The van der Waals surface area contributed by atoms with E-state index in [1.807, 2.05) is 26.8 Å². The van der Waals surface area contributed by atoms with E-state index >= 15 is 0 Å². The molecule has 1 aliphatic rings. The molecule has 1 aromatic rings. The molecule has 0 radical (unpaired) electrons. The van der Waals surface area contributed by atoms with E-state index in [9.17, 15) is 25.3 Å². The van der Waals surface area contributed by atoms with Gasteiger partial charge in [0.05, 0.1) is 10.5 Å². The molecular formula is C18H23N3O5. The predicted molar refractivity (Wildman–Crippen MR) is 94.1 cm³/mol. The van der Waals surface area contributed by atoms with E-state index in [0.29, 0.717) is 12.8 Å². The van der Waals surface area contributed by atoms with Crippen molar-refractivity contribution < 1.29 is 19.6 Å². The van der Waals surface area contributed by atoms with Crippen molar-refractivity contribution in [1.29, 1.82) is 5.26 Å². The van der Waals surface area contributed by atoms with Gasteiger partial charge in [-0.25, -0.2) is 4.79 Å². The number of nitriles is 1. The molecule has 0 aliphatic heterocycles. The van der Waals surface area contributed by atoms with Crippen LogP contribution in [-0.4, -0.2) is 38.7 Å². The second kappa shape index (κ2) is 7.20. The smallest absolute Gasteiger partial charge is 0.408 e. The number of nitro benzene ring substituents is 1. The normalized spacial score (nSPS) is 15.9. The van der Waals surface area contributed by atoms with Gasteiger partial charge in [-0.15, -0.1) is 0 Å². The number of hydrogen-bond donors (Lipinski definition) is 1. The fourth-order valence-corrected chi connectivity index (χ4v) is 3.78. The first-order valence-electron chi connectivity index (χ1n) is 8.46. The van der Waals surface area contributed by atoms with Crippen LogP contribution in [0.4, 0.5) is 10.5 Å². The SMILES string of the molecule is CC(C)(C)N(C(=O)O)C1(COc2cccc([N+](=O)[O-])c2C#N)CCCC1. The van der Waals surface area contributed by atoms with Gasteiger partial charge in [0.25, 0.3) is 5.69 Å². The third-order valence-electron chi connectivity index (χ3n) is 4.68. The molecule has 0 heterocycles. The zero-order chi connectivity index (χ0) is 19.5. The second-order valence-corrected chi connectivity index (χ2v) is 7.53. The van der Waals surface area contributed by atoms with Crippen LogP contribution in [0.25, 0.3) is 0 Å². The predicted octanol–water partition coefficient (Wildman–Crippen LogP) is 3.94. The third kappa shape index (κ3) is 3.72. The average Bonchev–Trinajstić information content (AvgIpc) is 2.99. The molecule has 0 bridgehead atoms. The molecule has 0 aromatic heterocycles. The number of benzene rings is 1. The molecule has 0 saturated heterocycles. The van der Waals surface area contributed by atoms with Crippen LogP contribution in [0.1, 0.15) is 52.0 Å². The van der Waals surface area contributed by atoms with Crippen molar-refractivity contribution in [3.8, 4) is 11.8 Å². The number of hydrogen-bond acceptors (Lipinski definition) is 5. The molecule has 8 heteroatoms. The molecule has 1 aromatic carbocycles. The fourth-order valence-electron chi connectivity index (χ4n) is 3.78. The number of nitrogens with zero attached hydrogens (tertiary/aromatic N) is 3. The summed E-state index contributed by atoms with van der Waals surface area (Å²) in [4.78, 5) is 23.8. The van der Waals surface area contributed by atoms with Crippen LogP contribution in [0, 0.1) is 21.4 Å². The lowest BCUT2D eigenvalue weighted by Gasteiger charge is -2.47. The summed E-state index contributed by atoms with van der Waals surface area (Å²) < 4.78 is 5.80. The minimum absolute atomic E-state index is 0.0480. The van der Waals surface area contributed by atoms with Crippen LogP contribution in [-0.2, 0) is 0 Å². The van der Waals surface area contributed by atoms with Gasteiger partial charge < -0.3 is 9.84 Å². The Morgan fingerprint density at radius 2 is 2.04 bits per heavy atom. The van der Waals surface area contributed by atoms with Gasteiger partial charge in [-0.05, 0) is 39.7 Å². The Balaban J connectivity index is 2.36. The summed E-state index contributed by atoms with van der Waals surface area (Å²) in [6, 6.07) is 6.01. The fraction of sp³-hybridized carbons (Fsp3) is 0.556. The summed E-state index contributed by atoms with van der Waals surface area (Å²) in [6.45, 7) is 5.53. The summed E-state index contributed by atoms with van der Waals surface area (Å²) in [5, 5.41) is 30.2. The number of carbonyl (C=O) groups is 1. The molecule has 1 amide bonds. The number of carboxylic acid groups (broad SMARTS) is 1. The van der Waals surface area contributed by atoms with Gasteiger partial charge in [0, 0.05) is 11.6 Å². The highest BCUT2D eigenvalue weighted by Crippen LogP contribution is 2.40. The molecule has 1 saturated carbocycles. The Bertz CT molecular complexity index is 742. The lowest BCUT2D eigenvalue weighted by molar-refractivity contribution is -0.385. The molecule has 1 fully saturated rings. The van der Waals surface area contributed by atoms with Crippen LogP contribution in [0.5, 0.6) is 5.75 Å². The zero-order valence-electron chi connectivity index (χ0n) is 15.2. The lowest BCUT2D eigenvalue weighted by atomic mass is 9.90. The van der Waals surface area contributed by atoms with Gasteiger partial charge in [-0.2, -0.15) is 5.26 Å². The first-order valence-corrected chi connectivity index (χ1v) is 8.46. The van der Waals surface area contributed by atoms with Gasteiger partial charge in [0.15, 0.2) is 5.56 Å². The highest BCUT2D eigenvalue weighted by Gasteiger charge is 2.48. The first kappa shape index (κ1) is 19.5. The quantitative estimate of drug-likeness (QED) is 0.627. The van der Waals surface area contributed by atoms with Crippen molar-refractivity contribution in [1.82, 2.24) is 4.90 Å². The van der Waals surface area contributed by atoms with Gasteiger partial charge >= 0.3 is 6.09 Å². The van der Waals surface area contributed by atoms with E-state index < -0.39 is 22.1 Å². The topological polar surface area (TPSA) is 117 Å². The Kier molecular flexibility index (Phi) is 5.40. The summed E-state index contributed by atoms with van der Waals surface area (Å²) >= 11 is 0. The number of rotatable bonds is 5.